The molecular weight excluding hydrogens is 202 g/mol. The second kappa shape index (κ2) is 7.23. The van der Waals surface area contributed by atoms with E-state index in [2.05, 4.69) is 18.0 Å². The minimum atomic E-state index is -0.296. The fraction of sp³-hybridized carbons (Fsp3) is 0.615. The van der Waals surface area contributed by atoms with Gasteiger partial charge in [0.1, 0.15) is 0 Å². The Hall–Kier alpha value is -1.09. The number of carbonyl (C=O) groups is 1. The van der Waals surface area contributed by atoms with Gasteiger partial charge in [0.2, 0.25) is 0 Å². The van der Waals surface area contributed by atoms with Gasteiger partial charge in [0.05, 0.1) is 6.61 Å². The van der Waals surface area contributed by atoms with Crippen molar-refractivity contribution in [3.8, 4) is 0 Å². The predicted octanol–water partition coefficient (Wildman–Crippen LogP) is 2.20. The maximum absolute atomic E-state index is 11.2. The fourth-order valence-corrected chi connectivity index (χ4v) is 1.76. The van der Waals surface area contributed by atoms with E-state index in [0.717, 1.165) is 13.0 Å². The van der Waals surface area contributed by atoms with E-state index in [1.807, 2.05) is 0 Å². The second-order valence-electron chi connectivity index (χ2n) is 4.01. The molecule has 90 valence electrons. The van der Waals surface area contributed by atoms with Crippen molar-refractivity contribution in [1.82, 2.24) is 5.32 Å². The predicted molar refractivity (Wildman–Crippen MR) is 65.2 cm³/mol. The molecule has 1 aliphatic rings. The lowest BCUT2D eigenvalue weighted by Gasteiger charge is -2.07. The molecule has 0 spiro atoms. The maximum atomic E-state index is 11.2. The molecule has 3 heteroatoms. The van der Waals surface area contributed by atoms with Crippen LogP contribution < -0.4 is 5.32 Å². The third-order valence-electron chi connectivity index (χ3n) is 2.66. The first-order valence-electron chi connectivity index (χ1n) is 5.97. The van der Waals surface area contributed by atoms with Crippen LogP contribution in [0.4, 0.5) is 0 Å². The van der Waals surface area contributed by atoms with Gasteiger partial charge in [0, 0.05) is 12.1 Å². The van der Waals surface area contributed by atoms with Gasteiger partial charge in [-0.2, -0.15) is 0 Å². The Morgan fingerprint density at radius 3 is 3.06 bits per heavy atom. The van der Waals surface area contributed by atoms with Crippen LogP contribution in [0, 0.1) is 0 Å². The normalized spacial score (nSPS) is 14.7. The van der Waals surface area contributed by atoms with Crippen LogP contribution in [0.25, 0.3) is 0 Å². The highest BCUT2D eigenvalue weighted by Gasteiger charge is 2.07. The van der Waals surface area contributed by atoms with E-state index in [9.17, 15) is 4.79 Å². The van der Waals surface area contributed by atoms with Crippen LogP contribution in [0.2, 0.25) is 0 Å². The third-order valence-corrected chi connectivity index (χ3v) is 2.66. The van der Waals surface area contributed by atoms with Crippen LogP contribution in [-0.2, 0) is 9.53 Å². The maximum Gasteiger partial charge on any atom is 0.334 e. The summed E-state index contributed by atoms with van der Waals surface area (Å²) in [6, 6.07) is 0. The molecule has 16 heavy (non-hydrogen) atoms. The fourth-order valence-electron chi connectivity index (χ4n) is 1.76. The van der Waals surface area contributed by atoms with Crippen molar-refractivity contribution in [2.75, 3.05) is 19.7 Å². The van der Waals surface area contributed by atoms with Crippen LogP contribution in [-0.4, -0.2) is 25.7 Å². The summed E-state index contributed by atoms with van der Waals surface area (Å²) in [6.45, 7) is 7.32. The zero-order valence-corrected chi connectivity index (χ0v) is 10.1. The van der Waals surface area contributed by atoms with Crippen molar-refractivity contribution >= 4 is 5.97 Å². The topological polar surface area (TPSA) is 38.3 Å². The molecule has 0 saturated carbocycles. The van der Waals surface area contributed by atoms with E-state index < -0.39 is 0 Å². The number of rotatable bonds is 7. The molecule has 0 saturated heterocycles. The molecule has 0 unspecified atom stereocenters. The van der Waals surface area contributed by atoms with Crippen LogP contribution in [0.15, 0.2) is 23.8 Å². The molecule has 0 bridgehead atoms. The second-order valence-corrected chi connectivity index (χ2v) is 4.01. The average molecular weight is 223 g/mol. The van der Waals surface area contributed by atoms with E-state index in [1.54, 1.807) is 6.92 Å². The summed E-state index contributed by atoms with van der Waals surface area (Å²) >= 11 is 0. The van der Waals surface area contributed by atoms with Gasteiger partial charge in [-0.05, 0) is 39.2 Å². The lowest BCUT2D eigenvalue weighted by molar-refractivity contribution is -0.138. The summed E-state index contributed by atoms with van der Waals surface area (Å²) in [6.07, 6.45) is 7.16. The van der Waals surface area contributed by atoms with Gasteiger partial charge in [-0.3, -0.25) is 0 Å². The molecule has 0 amide bonds. The highest BCUT2D eigenvalue weighted by Crippen LogP contribution is 2.19. The summed E-state index contributed by atoms with van der Waals surface area (Å²) in [5.41, 5.74) is 2.04. The van der Waals surface area contributed by atoms with Crippen molar-refractivity contribution < 1.29 is 9.53 Å². The van der Waals surface area contributed by atoms with E-state index in [0.29, 0.717) is 18.7 Å². The molecule has 1 N–H and O–H groups in total. The van der Waals surface area contributed by atoms with E-state index in [4.69, 9.17) is 4.74 Å². The summed E-state index contributed by atoms with van der Waals surface area (Å²) in [4.78, 5) is 11.2. The van der Waals surface area contributed by atoms with E-state index in [1.165, 1.54) is 24.8 Å². The van der Waals surface area contributed by atoms with Gasteiger partial charge in [-0.25, -0.2) is 4.79 Å². The highest BCUT2D eigenvalue weighted by atomic mass is 16.5. The van der Waals surface area contributed by atoms with Gasteiger partial charge in [0.25, 0.3) is 0 Å². The molecule has 0 aromatic carbocycles. The summed E-state index contributed by atoms with van der Waals surface area (Å²) in [7, 11) is 0. The van der Waals surface area contributed by atoms with Crippen LogP contribution in [0.5, 0.6) is 0 Å². The number of carbonyl (C=O) groups excluding carboxylic acids is 1. The SMILES string of the molecule is C=C(CNCCC1=CCCC1)C(=O)OCC. The minimum absolute atomic E-state index is 0.296. The Morgan fingerprint density at radius 1 is 1.62 bits per heavy atom. The summed E-state index contributed by atoms with van der Waals surface area (Å²) < 4.78 is 4.84. The monoisotopic (exact) mass is 223 g/mol. The van der Waals surface area contributed by atoms with Gasteiger partial charge in [-0.1, -0.05) is 18.2 Å². The molecule has 0 aromatic rings. The quantitative estimate of drug-likeness (QED) is 0.311. The zero-order chi connectivity index (χ0) is 11.8. The molecule has 1 rings (SSSR count). The zero-order valence-electron chi connectivity index (χ0n) is 10.1. The largest absolute Gasteiger partial charge is 0.463 e. The summed E-state index contributed by atoms with van der Waals surface area (Å²) in [5, 5.41) is 3.21. The third kappa shape index (κ3) is 4.62. The molecule has 0 fully saturated rings. The number of ether oxygens (including phenoxy) is 1. The Kier molecular flexibility index (Phi) is 5.86. The lowest BCUT2D eigenvalue weighted by atomic mass is 10.1. The molecule has 0 heterocycles. The minimum Gasteiger partial charge on any atom is -0.463 e. The lowest BCUT2D eigenvalue weighted by Crippen LogP contribution is -2.23. The average Bonchev–Trinajstić information content (AvgIpc) is 2.77. The van der Waals surface area contributed by atoms with Crippen molar-refractivity contribution in [1.29, 1.82) is 0 Å². The standard InChI is InChI=1S/C13H21NO2/c1-3-16-13(15)11(2)10-14-9-8-12-6-4-5-7-12/h6,14H,2-5,7-10H2,1H3. The van der Waals surface area contributed by atoms with Crippen LogP contribution in [0.3, 0.4) is 0 Å². The molecule has 0 radical (unpaired) electrons. The van der Waals surface area contributed by atoms with Crippen LogP contribution >= 0.6 is 0 Å². The highest BCUT2D eigenvalue weighted by molar-refractivity contribution is 5.88. The molecule has 3 nitrogen and oxygen atoms in total. The Balaban J connectivity index is 2.06. The molecule has 1 aliphatic carbocycles. The molecule has 0 atom stereocenters. The number of nitrogens with one attached hydrogen (secondary N) is 1. The van der Waals surface area contributed by atoms with Crippen molar-refractivity contribution in [3.63, 3.8) is 0 Å². The first-order chi connectivity index (χ1) is 7.74. The molecule has 0 aliphatic heterocycles. The first kappa shape index (κ1) is 13.0. The number of hydrogen-bond donors (Lipinski definition) is 1. The summed E-state index contributed by atoms with van der Waals surface area (Å²) in [5.74, 6) is -0.296. The first-order valence-corrected chi connectivity index (χ1v) is 5.97. The van der Waals surface area contributed by atoms with Gasteiger partial charge >= 0.3 is 5.97 Å². The Bertz CT molecular complexity index is 282. The van der Waals surface area contributed by atoms with Gasteiger partial charge in [0.15, 0.2) is 0 Å². The van der Waals surface area contributed by atoms with Crippen molar-refractivity contribution in [2.45, 2.75) is 32.6 Å². The van der Waals surface area contributed by atoms with Crippen LogP contribution in [0.1, 0.15) is 32.6 Å². The molecule has 0 aromatic heterocycles. The van der Waals surface area contributed by atoms with Gasteiger partial charge < -0.3 is 10.1 Å². The molecular formula is C13H21NO2. The van der Waals surface area contributed by atoms with Gasteiger partial charge in [-0.15, -0.1) is 0 Å². The smallest absolute Gasteiger partial charge is 0.334 e. The number of hydrogen-bond acceptors (Lipinski definition) is 3. The van der Waals surface area contributed by atoms with Crippen molar-refractivity contribution in [2.24, 2.45) is 0 Å². The Labute approximate surface area is 97.6 Å². The van der Waals surface area contributed by atoms with Crippen molar-refractivity contribution in [3.05, 3.63) is 23.8 Å². The number of allylic oxidation sites excluding steroid dienone is 1. The number of esters is 1. The van der Waals surface area contributed by atoms with E-state index in [-0.39, 0.29) is 5.97 Å². The van der Waals surface area contributed by atoms with E-state index >= 15 is 0 Å². The Morgan fingerprint density at radius 2 is 2.44 bits per heavy atom.